The van der Waals surface area contributed by atoms with Crippen LogP contribution in [0.25, 0.3) is 0 Å². The molecule has 0 bridgehead atoms. The van der Waals surface area contributed by atoms with Crippen molar-refractivity contribution >= 4 is 34.6 Å². The van der Waals surface area contributed by atoms with Crippen molar-refractivity contribution in [2.24, 2.45) is 4.99 Å². The number of fused-ring (bicyclic) bond motifs is 1. The summed E-state index contributed by atoms with van der Waals surface area (Å²) in [5, 5.41) is 3.40. The van der Waals surface area contributed by atoms with Crippen LogP contribution in [0.15, 0.2) is 35.3 Å². The molecule has 0 saturated carbocycles. The van der Waals surface area contributed by atoms with Gasteiger partial charge in [0.15, 0.2) is 0 Å². The highest BCUT2D eigenvalue weighted by atomic mass is 35.5. The predicted molar refractivity (Wildman–Crippen MR) is 86.9 cm³/mol. The van der Waals surface area contributed by atoms with Crippen LogP contribution in [0.3, 0.4) is 0 Å². The number of benzene rings is 2. The van der Waals surface area contributed by atoms with Gasteiger partial charge in [-0.15, -0.1) is 0 Å². The van der Waals surface area contributed by atoms with Gasteiger partial charge in [0.05, 0.1) is 16.4 Å². The Morgan fingerprint density at radius 1 is 1.05 bits per heavy atom. The van der Waals surface area contributed by atoms with E-state index in [2.05, 4.69) is 10.3 Å². The highest BCUT2D eigenvalue weighted by Crippen LogP contribution is 2.34. The summed E-state index contributed by atoms with van der Waals surface area (Å²) in [4.78, 5) is 16.8. The normalized spacial score (nSPS) is 15.2. The Labute approximate surface area is 128 Å². The first kappa shape index (κ1) is 13.8. The average Bonchev–Trinajstić information content (AvgIpc) is 2.77. The zero-order chi connectivity index (χ0) is 15.1. The van der Waals surface area contributed by atoms with Crippen molar-refractivity contribution in [3.63, 3.8) is 0 Å². The van der Waals surface area contributed by atoms with Crippen molar-refractivity contribution in [1.82, 2.24) is 0 Å². The third-order valence-corrected chi connectivity index (χ3v) is 3.97. The molecule has 0 radical (unpaired) electrons. The fourth-order valence-electron chi connectivity index (χ4n) is 2.43. The van der Waals surface area contributed by atoms with Gasteiger partial charge in [-0.05, 0) is 49.6 Å². The van der Waals surface area contributed by atoms with Crippen molar-refractivity contribution in [1.29, 1.82) is 0 Å². The van der Waals surface area contributed by atoms with Crippen LogP contribution in [-0.2, 0) is 4.79 Å². The third kappa shape index (κ3) is 2.34. The molecule has 0 unspecified atom stereocenters. The molecule has 0 fully saturated rings. The Morgan fingerprint density at radius 2 is 1.76 bits per heavy atom. The smallest absolute Gasteiger partial charge is 0.275 e. The fraction of sp³-hybridized carbons (Fsp3) is 0.176. The van der Waals surface area contributed by atoms with Crippen LogP contribution in [0.1, 0.15) is 22.3 Å². The lowest BCUT2D eigenvalue weighted by Crippen LogP contribution is -2.14. The van der Waals surface area contributed by atoms with E-state index in [-0.39, 0.29) is 5.91 Å². The minimum atomic E-state index is -0.206. The van der Waals surface area contributed by atoms with E-state index in [0.717, 1.165) is 28.1 Å². The summed E-state index contributed by atoms with van der Waals surface area (Å²) in [5.74, 6) is -0.206. The Bertz CT molecular complexity index is 794. The molecule has 0 aliphatic carbocycles. The van der Waals surface area contributed by atoms with E-state index >= 15 is 0 Å². The first-order valence-corrected chi connectivity index (χ1v) is 7.12. The highest BCUT2D eigenvalue weighted by Gasteiger charge is 2.29. The van der Waals surface area contributed by atoms with Gasteiger partial charge in [-0.3, -0.25) is 4.79 Å². The molecule has 21 heavy (non-hydrogen) atoms. The second-order valence-corrected chi connectivity index (χ2v) is 5.73. The predicted octanol–water partition coefficient (Wildman–Crippen LogP) is 4.34. The van der Waals surface area contributed by atoms with Gasteiger partial charge in [-0.25, -0.2) is 4.99 Å². The molecular formula is C17H15ClN2O. The molecule has 3 nitrogen and oxygen atoms in total. The molecule has 2 aromatic rings. The van der Waals surface area contributed by atoms with Gasteiger partial charge in [-0.1, -0.05) is 29.8 Å². The van der Waals surface area contributed by atoms with Gasteiger partial charge in [-0.2, -0.15) is 0 Å². The lowest BCUT2D eigenvalue weighted by atomic mass is 10.1. The minimum Gasteiger partial charge on any atom is -0.320 e. The monoisotopic (exact) mass is 298 g/mol. The number of nitrogens with zero attached hydrogens (tertiary/aromatic N) is 1. The first-order chi connectivity index (χ1) is 9.97. The second-order valence-electron chi connectivity index (χ2n) is 5.32. The van der Waals surface area contributed by atoms with Gasteiger partial charge >= 0.3 is 0 Å². The van der Waals surface area contributed by atoms with Crippen LogP contribution < -0.4 is 5.32 Å². The number of aryl methyl sites for hydroxylation is 3. The molecule has 4 heteroatoms. The fourth-order valence-corrected chi connectivity index (χ4v) is 2.67. The average molecular weight is 299 g/mol. The van der Waals surface area contributed by atoms with Gasteiger partial charge in [0.2, 0.25) is 0 Å². The summed E-state index contributed by atoms with van der Waals surface area (Å²) in [6.45, 7) is 5.92. The van der Waals surface area contributed by atoms with Crippen molar-refractivity contribution in [2.45, 2.75) is 20.8 Å². The molecule has 1 aliphatic heterocycles. The number of amides is 1. The third-order valence-electron chi connectivity index (χ3n) is 3.65. The van der Waals surface area contributed by atoms with Crippen LogP contribution in [0.4, 0.5) is 11.4 Å². The topological polar surface area (TPSA) is 41.5 Å². The summed E-state index contributed by atoms with van der Waals surface area (Å²) < 4.78 is 0. The molecule has 2 aromatic carbocycles. The number of hydrogen-bond acceptors (Lipinski definition) is 2. The summed E-state index contributed by atoms with van der Waals surface area (Å²) in [6.07, 6.45) is 0. The van der Waals surface area contributed by atoms with Gasteiger partial charge < -0.3 is 5.32 Å². The Balaban J connectivity index is 2.21. The number of rotatable bonds is 1. The zero-order valence-corrected chi connectivity index (χ0v) is 12.9. The molecule has 1 N–H and O–H groups in total. The standard InChI is InChI=1S/C17H15ClN2O/c1-9-4-5-10(2)13(8-9)19-16-14-12(18)7-6-11(3)15(14)20-17(16)21/h4-8H,1-3H3,(H,19,20,21). The maximum absolute atomic E-state index is 12.2. The van der Waals surface area contributed by atoms with E-state index in [0.29, 0.717) is 16.3 Å². The molecule has 106 valence electrons. The summed E-state index contributed by atoms with van der Waals surface area (Å²) in [5.41, 5.74) is 5.75. The number of anilines is 1. The SMILES string of the molecule is Cc1ccc(C)c(N=C2C(=O)Nc3c(C)ccc(Cl)c32)c1. The number of aliphatic imine (C=N–C) groups is 1. The molecule has 3 rings (SSSR count). The first-order valence-electron chi connectivity index (χ1n) is 6.74. The second kappa shape index (κ2) is 5.01. The van der Waals surface area contributed by atoms with Crippen LogP contribution in [0.2, 0.25) is 5.02 Å². The van der Waals surface area contributed by atoms with E-state index < -0.39 is 0 Å². The van der Waals surface area contributed by atoms with Crippen LogP contribution >= 0.6 is 11.6 Å². The van der Waals surface area contributed by atoms with Gasteiger partial charge in [0.1, 0.15) is 5.71 Å². The lowest BCUT2D eigenvalue weighted by molar-refractivity contribution is -0.110. The van der Waals surface area contributed by atoms with Crippen molar-refractivity contribution in [3.8, 4) is 0 Å². The summed E-state index contributed by atoms with van der Waals surface area (Å²) >= 11 is 6.27. The molecule has 1 aliphatic rings. The van der Waals surface area contributed by atoms with Crippen LogP contribution in [0, 0.1) is 20.8 Å². The molecule has 0 saturated heterocycles. The lowest BCUT2D eigenvalue weighted by Gasteiger charge is -2.05. The van der Waals surface area contributed by atoms with Gasteiger partial charge in [0.25, 0.3) is 5.91 Å². The van der Waals surface area contributed by atoms with Crippen molar-refractivity contribution in [2.75, 3.05) is 5.32 Å². The summed E-state index contributed by atoms with van der Waals surface area (Å²) in [7, 11) is 0. The largest absolute Gasteiger partial charge is 0.320 e. The van der Waals surface area contributed by atoms with E-state index in [4.69, 9.17) is 11.6 Å². The quantitative estimate of drug-likeness (QED) is 0.836. The number of nitrogens with one attached hydrogen (secondary N) is 1. The number of carbonyl (C=O) groups is 1. The molecule has 0 spiro atoms. The molecule has 0 aromatic heterocycles. The van der Waals surface area contributed by atoms with E-state index in [1.165, 1.54) is 0 Å². The van der Waals surface area contributed by atoms with Crippen LogP contribution in [-0.4, -0.2) is 11.6 Å². The number of hydrogen-bond donors (Lipinski definition) is 1. The van der Waals surface area contributed by atoms with E-state index in [1.807, 2.05) is 45.0 Å². The minimum absolute atomic E-state index is 0.206. The maximum Gasteiger partial charge on any atom is 0.275 e. The zero-order valence-electron chi connectivity index (χ0n) is 12.1. The summed E-state index contributed by atoms with van der Waals surface area (Å²) in [6, 6.07) is 9.69. The Morgan fingerprint density at radius 3 is 2.52 bits per heavy atom. The van der Waals surface area contributed by atoms with E-state index in [9.17, 15) is 4.79 Å². The van der Waals surface area contributed by atoms with Gasteiger partial charge in [0, 0.05) is 5.56 Å². The van der Waals surface area contributed by atoms with E-state index in [1.54, 1.807) is 6.07 Å². The molecule has 0 atom stereocenters. The van der Waals surface area contributed by atoms with Crippen molar-refractivity contribution in [3.05, 3.63) is 57.6 Å². The molecular weight excluding hydrogens is 284 g/mol. The van der Waals surface area contributed by atoms with Crippen molar-refractivity contribution < 1.29 is 4.79 Å². The highest BCUT2D eigenvalue weighted by molar-refractivity contribution is 6.57. The number of carbonyl (C=O) groups excluding carboxylic acids is 1. The Kier molecular flexibility index (Phi) is 3.30. The van der Waals surface area contributed by atoms with Crippen LogP contribution in [0.5, 0.6) is 0 Å². The molecule has 1 amide bonds. The Hall–Kier alpha value is -2.13. The maximum atomic E-state index is 12.2. The number of halogens is 1. The molecule has 1 heterocycles.